The Balaban J connectivity index is 1.51. The molecule has 31 heavy (non-hydrogen) atoms. The second kappa shape index (κ2) is 10.2. The molecular formula is C19H18ClN5O5S. The number of thioether (sulfide) groups is 1. The largest absolute Gasteiger partial charge is 0.354 e. The summed E-state index contributed by atoms with van der Waals surface area (Å²) in [7, 11) is 0. The third-order valence-electron chi connectivity index (χ3n) is 4.35. The van der Waals surface area contributed by atoms with Gasteiger partial charge in [0.05, 0.1) is 9.83 Å². The van der Waals surface area contributed by atoms with Crippen molar-refractivity contribution in [3.05, 3.63) is 62.3 Å². The highest BCUT2D eigenvalue weighted by molar-refractivity contribution is 8.18. The summed E-state index contributed by atoms with van der Waals surface area (Å²) < 4.78 is 1.73. The molecule has 0 aliphatic carbocycles. The fourth-order valence-corrected chi connectivity index (χ4v) is 3.88. The molecule has 1 aromatic heterocycles. The highest BCUT2D eigenvalue weighted by Gasteiger charge is 2.34. The summed E-state index contributed by atoms with van der Waals surface area (Å²) in [4.78, 5) is 48.2. The summed E-state index contributed by atoms with van der Waals surface area (Å²) in [5.74, 6) is -0.691. The molecule has 10 nitrogen and oxygen atoms in total. The number of hydrogen-bond acceptors (Lipinski definition) is 7. The lowest BCUT2D eigenvalue weighted by Crippen LogP contribution is -2.37. The lowest BCUT2D eigenvalue weighted by molar-refractivity contribution is -0.384. The van der Waals surface area contributed by atoms with Crippen molar-refractivity contribution in [1.29, 1.82) is 0 Å². The Kier molecular flexibility index (Phi) is 7.42. The van der Waals surface area contributed by atoms with Crippen LogP contribution >= 0.6 is 23.4 Å². The Bertz CT molecular complexity index is 1040. The minimum atomic E-state index is -0.622. The molecule has 12 heteroatoms. The minimum absolute atomic E-state index is 0.0179. The average Bonchev–Trinajstić information content (AvgIpc) is 3.33. The summed E-state index contributed by atoms with van der Waals surface area (Å²) in [6.07, 6.45) is 5.80. The first-order valence-electron chi connectivity index (χ1n) is 9.28. The Labute approximate surface area is 186 Å². The third-order valence-corrected chi connectivity index (χ3v) is 5.57. The van der Waals surface area contributed by atoms with E-state index in [-0.39, 0.29) is 34.6 Å². The Morgan fingerprint density at radius 1 is 1.32 bits per heavy atom. The highest BCUT2D eigenvalue weighted by atomic mass is 35.5. The van der Waals surface area contributed by atoms with E-state index in [1.807, 2.05) is 6.20 Å². The molecule has 0 unspecified atom stereocenters. The Hall–Kier alpha value is -3.18. The van der Waals surface area contributed by atoms with Crippen LogP contribution < -0.4 is 5.32 Å². The first-order chi connectivity index (χ1) is 14.8. The van der Waals surface area contributed by atoms with Crippen molar-refractivity contribution in [2.24, 2.45) is 0 Å². The second-order valence-electron chi connectivity index (χ2n) is 6.52. The van der Waals surface area contributed by atoms with Gasteiger partial charge >= 0.3 is 0 Å². The van der Waals surface area contributed by atoms with E-state index in [9.17, 15) is 24.5 Å². The summed E-state index contributed by atoms with van der Waals surface area (Å²) in [5.41, 5.74) is 0.0944. The van der Waals surface area contributed by atoms with E-state index in [1.54, 1.807) is 16.9 Å². The molecule has 1 N–H and O–H groups in total. The van der Waals surface area contributed by atoms with E-state index in [0.717, 1.165) is 16.7 Å². The van der Waals surface area contributed by atoms with E-state index < -0.39 is 16.1 Å². The van der Waals surface area contributed by atoms with Gasteiger partial charge in [-0.3, -0.25) is 34.1 Å². The standard InChI is InChI=1S/C19H18ClN5O5S/c20-14-5-4-13(11-15(14)25(29)30)12-16-18(27)24(19(28)31-16)10-7-21-17(26)3-1-8-23-9-2-6-22-23/h2,4-6,9,11-12H,1,3,7-8,10H2,(H,21,26)/b16-12-. The van der Waals surface area contributed by atoms with Crippen LogP contribution in [0.25, 0.3) is 6.08 Å². The maximum atomic E-state index is 12.5. The van der Waals surface area contributed by atoms with Crippen molar-refractivity contribution < 1.29 is 19.3 Å². The van der Waals surface area contributed by atoms with Crippen LogP contribution in [0.1, 0.15) is 18.4 Å². The van der Waals surface area contributed by atoms with Gasteiger partial charge in [-0.05, 0) is 42.0 Å². The molecule has 2 aromatic rings. The average molecular weight is 464 g/mol. The van der Waals surface area contributed by atoms with Gasteiger partial charge in [-0.2, -0.15) is 5.10 Å². The molecule has 3 rings (SSSR count). The van der Waals surface area contributed by atoms with Crippen molar-refractivity contribution in [3.63, 3.8) is 0 Å². The molecule has 1 aromatic carbocycles. The summed E-state index contributed by atoms with van der Waals surface area (Å²) >= 11 is 6.53. The Morgan fingerprint density at radius 2 is 2.13 bits per heavy atom. The normalized spacial score (nSPS) is 15.0. The zero-order valence-corrected chi connectivity index (χ0v) is 17.8. The first-order valence-corrected chi connectivity index (χ1v) is 10.5. The monoisotopic (exact) mass is 463 g/mol. The smallest absolute Gasteiger partial charge is 0.293 e. The number of hydrogen-bond donors (Lipinski definition) is 1. The maximum Gasteiger partial charge on any atom is 0.293 e. The van der Waals surface area contributed by atoms with Crippen molar-refractivity contribution >= 4 is 52.2 Å². The predicted molar refractivity (Wildman–Crippen MR) is 115 cm³/mol. The van der Waals surface area contributed by atoms with Gasteiger partial charge in [0.2, 0.25) is 5.91 Å². The lowest BCUT2D eigenvalue weighted by atomic mass is 10.2. The zero-order valence-electron chi connectivity index (χ0n) is 16.2. The van der Waals surface area contributed by atoms with Crippen LogP contribution in [0.5, 0.6) is 0 Å². The van der Waals surface area contributed by atoms with Crippen LogP contribution in [0.2, 0.25) is 5.02 Å². The highest BCUT2D eigenvalue weighted by Crippen LogP contribution is 2.33. The number of amides is 3. The van der Waals surface area contributed by atoms with Gasteiger partial charge in [0, 0.05) is 44.5 Å². The maximum absolute atomic E-state index is 12.5. The molecular weight excluding hydrogens is 446 g/mol. The number of nitro benzene ring substituents is 1. The van der Waals surface area contributed by atoms with Crippen LogP contribution in [0.4, 0.5) is 10.5 Å². The van der Waals surface area contributed by atoms with Gasteiger partial charge in [-0.1, -0.05) is 17.7 Å². The van der Waals surface area contributed by atoms with Crippen LogP contribution in [0.3, 0.4) is 0 Å². The number of rotatable bonds is 9. The van der Waals surface area contributed by atoms with Crippen molar-refractivity contribution in [1.82, 2.24) is 20.0 Å². The quantitative estimate of drug-likeness (QED) is 0.344. The van der Waals surface area contributed by atoms with E-state index in [4.69, 9.17) is 11.6 Å². The van der Waals surface area contributed by atoms with Gasteiger partial charge in [0.25, 0.3) is 16.8 Å². The van der Waals surface area contributed by atoms with Gasteiger partial charge < -0.3 is 5.32 Å². The number of carbonyl (C=O) groups is 3. The Morgan fingerprint density at radius 3 is 2.84 bits per heavy atom. The van der Waals surface area contributed by atoms with Crippen molar-refractivity contribution in [2.45, 2.75) is 19.4 Å². The SMILES string of the molecule is O=C(CCCn1cccn1)NCCN1C(=O)S/C(=C\c2ccc(Cl)c([N+](=O)[O-])c2)C1=O. The molecule has 3 amide bonds. The minimum Gasteiger partial charge on any atom is -0.354 e. The van der Waals surface area contributed by atoms with Crippen LogP contribution in [-0.2, 0) is 16.1 Å². The molecule has 0 saturated carbocycles. The number of benzene rings is 1. The first kappa shape index (κ1) is 22.5. The fraction of sp³-hybridized carbons (Fsp3) is 0.263. The molecule has 0 bridgehead atoms. The molecule has 1 fully saturated rings. The lowest BCUT2D eigenvalue weighted by Gasteiger charge is -2.13. The molecule has 2 heterocycles. The molecule has 1 aliphatic rings. The van der Waals surface area contributed by atoms with Crippen LogP contribution in [0, 0.1) is 10.1 Å². The van der Waals surface area contributed by atoms with Gasteiger partial charge in [-0.25, -0.2) is 0 Å². The molecule has 0 atom stereocenters. The number of nitrogens with one attached hydrogen (secondary N) is 1. The molecule has 0 spiro atoms. The number of imide groups is 1. The number of carbonyl (C=O) groups excluding carboxylic acids is 3. The molecule has 162 valence electrons. The number of aryl methyl sites for hydroxylation is 1. The van der Waals surface area contributed by atoms with Crippen molar-refractivity contribution in [2.75, 3.05) is 13.1 Å². The molecule has 1 aliphatic heterocycles. The summed E-state index contributed by atoms with van der Waals surface area (Å²) in [5, 5.41) is 17.3. The number of nitro groups is 1. The van der Waals surface area contributed by atoms with Gasteiger partial charge in [0.15, 0.2) is 0 Å². The number of aromatic nitrogens is 2. The van der Waals surface area contributed by atoms with Crippen LogP contribution in [-0.4, -0.2) is 49.7 Å². The topological polar surface area (TPSA) is 127 Å². The number of nitrogens with zero attached hydrogens (tertiary/aromatic N) is 4. The fourth-order valence-electron chi connectivity index (χ4n) is 2.83. The van der Waals surface area contributed by atoms with Gasteiger partial charge in [0.1, 0.15) is 5.02 Å². The van der Waals surface area contributed by atoms with Crippen LogP contribution in [0.15, 0.2) is 41.6 Å². The zero-order chi connectivity index (χ0) is 22.4. The summed E-state index contributed by atoms with van der Waals surface area (Å²) in [6.45, 7) is 0.795. The third kappa shape index (κ3) is 5.92. The van der Waals surface area contributed by atoms with E-state index in [2.05, 4.69) is 10.4 Å². The second-order valence-corrected chi connectivity index (χ2v) is 7.92. The summed E-state index contributed by atoms with van der Waals surface area (Å²) in [6, 6.07) is 5.92. The molecule has 1 saturated heterocycles. The van der Waals surface area contributed by atoms with E-state index in [1.165, 1.54) is 24.3 Å². The number of halogens is 1. The van der Waals surface area contributed by atoms with Gasteiger partial charge in [-0.15, -0.1) is 0 Å². The molecule has 0 radical (unpaired) electrons. The van der Waals surface area contributed by atoms with E-state index >= 15 is 0 Å². The van der Waals surface area contributed by atoms with Crippen molar-refractivity contribution in [3.8, 4) is 0 Å². The predicted octanol–water partition coefficient (Wildman–Crippen LogP) is 3.08. The van der Waals surface area contributed by atoms with E-state index in [0.29, 0.717) is 24.9 Å².